The van der Waals surface area contributed by atoms with Gasteiger partial charge in [0.15, 0.2) is 0 Å². The van der Waals surface area contributed by atoms with Gasteiger partial charge in [0.2, 0.25) is 0 Å². The van der Waals surface area contributed by atoms with Crippen molar-refractivity contribution in [2.75, 3.05) is 26.4 Å². The quantitative estimate of drug-likeness (QED) is 0.0350. The third kappa shape index (κ3) is 29.3. The van der Waals surface area contributed by atoms with Crippen LogP contribution in [0.5, 0.6) is 0 Å². The molecule has 10 nitrogen and oxygen atoms in total. The molecule has 0 aromatic rings. The number of carboxylic acids is 2. The van der Waals surface area contributed by atoms with Crippen LogP contribution in [0.1, 0.15) is 220 Å². The fourth-order valence-electron chi connectivity index (χ4n) is 8.97. The SMILES string of the molecule is CCCCCCCC1C(CCCCC)CCC(CCCCCCCCCOC(=O)OCCC=C(C)C(=O)O)C1CCCCCCCCCOC(=O)OCCC=C(C)C(=O)O. The zero-order chi connectivity index (χ0) is 44.1. The first-order valence-electron chi connectivity index (χ1n) is 24.5. The fraction of sp³-hybridized carbons (Fsp3) is 0.840. The van der Waals surface area contributed by atoms with Gasteiger partial charge in [0.05, 0.1) is 26.4 Å². The van der Waals surface area contributed by atoms with Crippen LogP contribution in [0.15, 0.2) is 23.3 Å². The number of unbranched alkanes of at least 4 members (excludes halogenated alkanes) is 18. The van der Waals surface area contributed by atoms with Crippen LogP contribution in [-0.2, 0) is 28.5 Å². The molecule has 0 bridgehead atoms. The van der Waals surface area contributed by atoms with E-state index in [0.29, 0.717) is 26.1 Å². The lowest BCUT2D eigenvalue weighted by Crippen LogP contribution is -2.35. The van der Waals surface area contributed by atoms with Crippen LogP contribution in [0.2, 0.25) is 0 Å². The molecule has 0 aliphatic heterocycles. The molecule has 0 amide bonds. The van der Waals surface area contributed by atoms with Gasteiger partial charge in [-0.3, -0.25) is 0 Å². The van der Waals surface area contributed by atoms with E-state index in [0.717, 1.165) is 62.2 Å². The number of carboxylic acid groups (broad SMARTS) is 2. The van der Waals surface area contributed by atoms with E-state index in [4.69, 9.17) is 29.2 Å². The number of aliphatic carboxylic acids is 2. The van der Waals surface area contributed by atoms with Gasteiger partial charge in [-0.25, -0.2) is 19.2 Å². The van der Waals surface area contributed by atoms with Crippen LogP contribution in [-0.4, -0.2) is 60.9 Å². The van der Waals surface area contributed by atoms with Crippen molar-refractivity contribution in [2.24, 2.45) is 23.7 Å². The molecule has 1 aliphatic carbocycles. The minimum absolute atomic E-state index is 0.119. The molecular weight excluding hydrogens is 761 g/mol. The number of rotatable bonds is 38. The van der Waals surface area contributed by atoms with E-state index in [1.54, 1.807) is 6.08 Å². The summed E-state index contributed by atoms with van der Waals surface area (Å²) >= 11 is 0. The molecule has 0 saturated heterocycles. The van der Waals surface area contributed by atoms with Crippen LogP contribution in [0, 0.1) is 23.7 Å². The summed E-state index contributed by atoms with van der Waals surface area (Å²) in [5.41, 5.74) is 0.479. The molecule has 4 unspecified atom stereocenters. The predicted octanol–water partition coefficient (Wildman–Crippen LogP) is 14.6. The molecule has 1 saturated carbocycles. The van der Waals surface area contributed by atoms with Gasteiger partial charge < -0.3 is 29.2 Å². The van der Waals surface area contributed by atoms with Crippen LogP contribution in [0.25, 0.3) is 0 Å². The number of carbonyl (C=O) groups excluding carboxylic acids is 2. The Morgan fingerprint density at radius 3 is 1.12 bits per heavy atom. The normalized spacial score (nSPS) is 18.3. The highest BCUT2D eigenvalue weighted by Crippen LogP contribution is 2.47. The average Bonchev–Trinajstić information content (AvgIpc) is 3.23. The lowest BCUT2D eigenvalue weighted by atomic mass is 9.61. The second-order valence-corrected chi connectivity index (χ2v) is 17.5. The molecule has 1 fully saturated rings. The van der Waals surface area contributed by atoms with Crippen molar-refractivity contribution in [1.29, 1.82) is 0 Å². The Morgan fingerprint density at radius 2 is 0.733 bits per heavy atom. The summed E-state index contributed by atoms with van der Waals surface area (Å²) in [6.45, 7) is 8.63. The molecule has 2 N–H and O–H groups in total. The maximum Gasteiger partial charge on any atom is 0.508 e. The van der Waals surface area contributed by atoms with Crippen molar-refractivity contribution < 1.29 is 48.3 Å². The summed E-state index contributed by atoms with van der Waals surface area (Å²) in [4.78, 5) is 45.2. The molecule has 1 rings (SSSR count). The van der Waals surface area contributed by atoms with Gasteiger partial charge in [-0.1, -0.05) is 167 Å². The molecule has 60 heavy (non-hydrogen) atoms. The number of ether oxygens (including phenoxy) is 4. The molecule has 348 valence electrons. The van der Waals surface area contributed by atoms with E-state index in [2.05, 4.69) is 13.8 Å². The van der Waals surface area contributed by atoms with E-state index < -0.39 is 24.2 Å². The van der Waals surface area contributed by atoms with Crippen molar-refractivity contribution in [3.05, 3.63) is 23.3 Å². The maximum absolute atomic E-state index is 11.8. The summed E-state index contributed by atoms with van der Waals surface area (Å²) in [5, 5.41) is 17.8. The highest BCUT2D eigenvalue weighted by atomic mass is 16.7. The van der Waals surface area contributed by atoms with Crippen molar-refractivity contribution in [3.63, 3.8) is 0 Å². The summed E-state index contributed by atoms with van der Waals surface area (Å²) < 4.78 is 20.4. The second-order valence-electron chi connectivity index (χ2n) is 17.5. The van der Waals surface area contributed by atoms with Crippen LogP contribution >= 0.6 is 0 Å². The van der Waals surface area contributed by atoms with Crippen molar-refractivity contribution in [1.82, 2.24) is 0 Å². The van der Waals surface area contributed by atoms with E-state index in [9.17, 15) is 19.2 Å². The fourth-order valence-corrected chi connectivity index (χ4v) is 8.97. The standard InChI is InChI=1S/C50H88O10/c1-5-7-9-16-23-33-45-43(31-21-8-6-2)35-36-44(32-22-17-12-10-14-19-25-37-57-49(55)59-39-27-29-41(3)47(51)52)46(45)34-24-18-13-11-15-20-26-38-58-50(56)60-40-28-30-42(4)48(53)54/h29-30,43-46H,5-28,31-40H2,1-4H3,(H,51,52)(H,53,54). The maximum atomic E-state index is 11.8. The van der Waals surface area contributed by atoms with Crippen LogP contribution in [0.4, 0.5) is 9.59 Å². The molecule has 4 atom stereocenters. The number of hydrogen-bond acceptors (Lipinski definition) is 8. The first kappa shape index (κ1) is 55.0. The van der Waals surface area contributed by atoms with Crippen LogP contribution < -0.4 is 0 Å². The Labute approximate surface area is 365 Å². The monoisotopic (exact) mass is 849 g/mol. The summed E-state index contributed by atoms with van der Waals surface area (Å²) in [5.74, 6) is 1.63. The summed E-state index contributed by atoms with van der Waals surface area (Å²) in [7, 11) is 0. The highest BCUT2D eigenvalue weighted by Gasteiger charge is 2.37. The van der Waals surface area contributed by atoms with Crippen LogP contribution in [0.3, 0.4) is 0 Å². The Kier molecular flexibility index (Phi) is 34.5. The Bertz CT molecular complexity index is 1180. The predicted molar refractivity (Wildman–Crippen MR) is 241 cm³/mol. The summed E-state index contributed by atoms with van der Waals surface area (Å²) in [6, 6.07) is 0. The molecule has 0 heterocycles. The lowest BCUT2D eigenvalue weighted by Gasteiger charge is -2.44. The van der Waals surface area contributed by atoms with Crippen molar-refractivity contribution in [2.45, 2.75) is 220 Å². The first-order valence-corrected chi connectivity index (χ1v) is 24.5. The Morgan fingerprint density at radius 1 is 0.433 bits per heavy atom. The minimum atomic E-state index is -0.968. The van der Waals surface area contributed by atoms with E-state index in [1.165, 1.54) is 161 Å². The third-order valence-electron chi connectivity index (χ3n) is 12.6. The van der Waals surface area contributed by atoms with Gasteiger partial charge in [-0.2, -0.15) is 0 Å². The molecule has 1 aliphatic rings. The summed E-state index contributed by atoms with van der Waals surface area (Å²) in [6.07, 6.45) is 38.2. The highest BCUT2D eigenvalue weighted by molar-refractivity contribution is 5.86. The van der Waals surface area contributed by atoms with Gasteiger partial charge >= 0.3 is 24.2 Å². The minimum Gasteiger partial charge on any atom is -0.478 e. The zero-order valence-corrected chi connectivity index (χ0v) is 38.7. The molecule has 0 aromatic heterocycles. The van der Waals surface area contributed by atoms with Crippen molar-refractivity contribution >= 4 is 24.2 Å². The first-order chi connectivity index (χ1) is 29.1. The lowest BCUT2D eigenvalue weighted by molar-refractivity contribution is -0.133. The smallest absolute Gasteiger partial charge is 0.478 e. The van der Waals surface area contributed by atoms with Gasteiger partial charge in [0.25, 0.3) is 0 Å². The van der Waals surface area contributed by atoms with Gasteiger partial charge in [-0.05, 0) is 76.0 Å². The molecule has 0 spiro atoms. The number of hydrogen-bond donors (Lipinski definition) is 2. The molecular formula is C50H88O10. The molecule has 0 aromatic carbocycles. The topological polar surface area (TPSA) is 146 Å². The van der Waals surface area contributed by atoms with Gasteiger partial charge in [0, 0.05) is 24.0 Å². The Hall–Kier alpha value is -3.04. The number of carbonyl (C=O) groups is 4. The van der Waals surface area contributed by atoms with E-state index >= 15 is 0 Å². The zero-order valence-electron chi connectivity index (χ0n) is 38.7. The van der Waals surface area contributed by atoms with E-state index in [1.807, 2.05) is 0 Å². The third-order valence-corrected chi connectivity index (χ3v) is 12.6. The van der Waals surface area contributed by atoms with Gasteiger partial charge in [-0.15, -0.1) is 0 Å². The Balaban J connectivity index is 2.46. The van der Waals surface area contributed by atoms with E-state index in [-0.39, 0.29) is 24.4 Å². The van der Waals surface area contributed by atoms with Gasteiger partial charge in [0.1, 0.15) is 0 Å². The molecule has 10 heteroatoms. The van der Waals surface area contributed by atoms with Crippen molar-refractivity contribution in [3.8, 4) is 0 Å². The average molecular weight is 849 g/mol. The second kappa shape index (κ2) is 37.7. The largest absolute Gasteiger partial charge is 0.508 e. The molecule has 0 radical (unpaired) electrons.